The fraction of sp³-hybridized carbons (Fsp3) is 0.500. The number of ketones is 1. The highest BCUT2D eigenvalue weighted by atomic mass is 32.2. The van der Waals surface area contributed by atoms with Crippen LogP contribution in [0.2, 0.25) is 0 Å². The third kappa shape index (κ3) is 2.70. The Hall–Kier alpha value is -1.00. The van der Waals surface area contributed by atoms with Gasteiger partial charge in [-0.3, -0.25) is 4.79 Å². The first-order valence-electron chi connectivity index (χ1n) is 6.02. The molecule has 1 saturated heterocycles. The van der Waals surface area contributed by atoms with Gasteiger partial charge in [-0.1, -0.05) is 6.07 Å². The number of hydrogen-bond acceptors (Lipinski definition) is 4. The number of aryl methyl sites for hydroxylation is 2. The molecule has 1 aromatic carbocycles. The number of Topliss-reactive ketones (excluding diaryl/α,β-unsaturated/α-hetero) is 1. The van der Waals surface area contributed by atoms with Gasteiger partial charge in [0.05, 0.1) is 19.3 Å². The maximum absolute atomic E-state index is 12.5. The van der Waals surface area contributed by atoms with E-state index >= 15 is 0 Å². The van der Waals surface area contributed by atoms with Crippen molar-refractivity contribution < 1.29 is 14.3 Å². The van der Waals surface area contributed by atoms with E-state index in [0.29, 0.717) is 17.9 Å². The van der Waals surface area contributed by atoms with Crippen molar-refractivity contribution in [1.29, 1.82) is 0 Å². The van der Waals surface area contributed by atoms with Gasteiger partial charge in [-0.05, 0) is 31.0 Å². The topological polar surface area (TPSA) is 35.5 Å². The summed E-state index contributed by atoms with van der Waals surface area (Å²) in [7, 11) is 1.60. The van der Waals surface area contributed by atoms with Crippen molar-refractivity contribution in [2.24, 2.45) is 0 Å². The standard InChI is InChI=1S/C14H18O3S/c1-9-6-10(2)13(11(7-9)16-3)14(15)12-8-18-5-4-17-12/h6-7,12H,4-5,8H2,1-3H3. The maximum Gasteiger partial charge on any atom is 0.196 e. The van der Waals surface area contributed by atoms with E-state index in [1.807, 2.05) is 26.0 Å². The van der Waals surface area contributed by atoms with E-state index in [1.54, 1.807) is 18.9 Å². The van der Waals surface area contributed by atoms with Crippen molar-refractivity contribution in [1.82, 2.24) is 0 Å². The van der Waals surface area contributed by atoms with Gasteiger partial charge in [0.15, 0.2) is 5.78 Å². The number of thioether (sulfide) groups is 1. The third-order valence-corrected chi connectivity index (χ3v) is 4.01. The van der Waals surface area contributed by atoms with Crippen LogP contribution in [-0.4, -0.2) is 37.1 Å². The lowest BCUT2D eigenvalue weighted by atomic mass is 9.98. The monoisotopic (exact) mass is 266 g/mol. The Balaban J connectivity index is 2.34. The van der Waals surface area contributed by atoms with Crippen LogP contribution in [0.1, 0.15) is 21.5 Å². The molecule has 18 heavy (non-hydrogen) atoms. The zero-order valence-electron chi connectivity index (χ0n) is 11.0. The van der Waals surface area contributed by atoms with Crippen LogP contribution in [0, 0.1) is 13.8 Å². The van der Waals surface area contributed by atoms with Gasteiger partial charge in [-0.2, -0.15) is 11.8 Å². The Morgan fingerprint density at radius 1 is 1.44 bits per heavy atom. The molecule has 1 fully saturated rings. The van der Waals surface area contributed by atoms with Crippen LogP contribution < -0.4 is 4.74 Å². The Morgan fingerprint density at radius 3 is 2.83 bits per heavy atom. The van der Waals surface area contributed by atoms with Crippen molar-refractivity contribution in [2.45, 2.75) is 20.0 Å². The predicted molar refractivity (Wildman–Crippen MR) is 73.9 cm³/mol. The summed E-state index contributed by atoms with van der Waals surface area (Å²) < 4.78 is 10.9. The highest BCUT2D eigenvalue weighted by Gasteiger charge is 2.27. The summed E-state index contributed by atoms with van der Waals surface area (Å²) in [4.78, 5) is 12.5. The van der Waals surface area contributed by atoms with Gasteiger partial charge in [-0.25, -0.2) is 0 Å². The molecule has 1 heterocycles. The smallest absolute Gasteiger partial charge is 0.196 e. The Kier molecular flexibility index (Phi) is 4.30. The number of benzene rings is 1. The molecule has 3 nitrogen and oxygen atoms in total. The SMILES string of the molecule is COc1cc(C)cc(C)c1C(=O)C1CSCCO1. The molecular weight excluding hydrogens is 248 g/mol. The summed E-state index contributed by atoms with van der Waals surface area (Å²) in [5.41, 5.74) is 2.71. The molecule has 0 N–H and O–H groups in total. The molecule has 0 bridgehead atoms. The molecule has 0 amide bonds. The van der Waals surface area contributed by atoms with Crippen molar-refractivity contribution in [3.05, 3.63) is 28.8 Å². The number of methoxy groups -OCH3 is 1. The second-order valence-electron chi connectivity index (χ2n) is 4.46. The average molecular weight is 266 g/mol. The zero-order chi connectivity index (χ0) is 13.1. The lowest BCUT2D eigenvalue weighted by Gasteiger charge is -2.22. The molecule has 0 saturated carbocycles. The number of carbonyl (C=O) groups excluding carboxylic acids is 1. The molecular formula is C14H18O3S. The summed E-state index contributed by atoms with van der Waals surface area (Å²) in [6, 6.07) is 3.90. The van der Waals surface area contributed by atoms with E-state index in [9.17, 15) is 4.79 Å². The largest absolute Gasteiger partial charge is 0.496 e. The summed E-state index contributed by atoms with van der Waals surface area (Å²) in [5.74, 6) is 2.39. The van der Waals surface area contributed by atoms with Crippen molar-refractivity contribution in [3.63, 3.8) is 0 Å². The van der Waals surface area contributed by atoms with Gasteiger partial charge in [0, 0.05) is 11.5 Å². The van der Waals surface area contributed by atoms with Crippen molar-refractivity contribution >= 4 is 17.5 Å². The molecule has 0 radical (unpaired) electrons. The Bertz CT molecular complexity index is 451. The van der Waals surface area contributed by atoms with E-state index in [1.165, 1.54) is 0 Å². The molecule has 0 aliphatic carbocycles. The molecule has 4 heteroatoms. The van der Waals surface area contributed by atoms with Gasteiger partial charge < -0.3 is 9.47 Å². The first kappa shape index (κ1) is 13.4. The quantitative estimate of drug-likeness (QED) is 0.788. The van der Waals surface area contributed by atoms with Crippen LogP contribution in [0.3, 0.4) is 0 Å². The molecule has 1 aromatic rings. The molecule has 2 rings (SSSR count). The van der Waals surface area contributed by atoms with E-state index in [2.05, 4.69) is 0 Å². The Morgan fingerprint density at radius 2 is 2.22 bits per heavy atom. The van der Waals surface area contributed by atoms with Gasteiger partial charge in [0.2, 0.25) is 0 Å². The van der Waals surface area contributed by atoms with E-state index in [0.717, 1.165) is 22.6 Å². The first-order valence-corrected chi connectivity index (χ1v) is 7.17. The van der Waals surface area contributed by atoms with Crippen LogP contribution in [0.25, 0.3) is 0 Å². The molecule has 0 aromatic heterocycles. The highest BCUT2D eigenvalue weighted by molar-refractivity contribution is 7.99. The third-order valence-electron chi connectivity index (χ3n) is 3.02. The fourth-order valence-electron chi connectivity index (χ4n) is 2.21. The second-order valence-corrected chi connectivity index (χ2v) is 5.61. The number of ether oxygens (including phenoxy) is 2. The minimum Gasteiger partial charge on any atom is -0.496 e. The fourth-order valence-corrected chi connectivity index (χ4v) is 3.05. The summed E-state index contributed by atoms with van der Waals surface area (Å²) >= 11 is 1.76. The molecule has 1 aliphatic rings. The summed E-state index contributed by atoms with van der Waals surface area (Å²) in [6.45, 7) is 4.59. The molecule has 98 valence electrons. The minimum atomic E-state index is -0.334. The van der Waals surface area contributed by atoms with Crippen LogP contribution >= 0.6 is 11.8 Å². The average Bonchev–Trinajstić information content (AvgIpc) is 2.38. The Labute approximate surface area is 112 Å². The van der Waals surface area contributed by atoms with Gasteiger partial charge in [0.25, 0.3) is 0 Å². The van der Waals surface area contributed by atoms with Crippen LogP contribution in [0.15, 0.2) is 12.1 Å². The van der Waals surface area contributed by atoms with Crippen LogP contribution in [0.4, 0.5) is 0 Å². The predicted octanol–water partition coefficient (Wildman–Crippen LogP) is 2.63. The summed E-state index contributed by atoms with van der Waals surface area (Å²) in [6.07, 6.45) is -0.334. The molecule has 1 aliphatic heterocycles. The maximum atomic E-state index is 12.5. The molecule has 1 atom stereocenters. The van der Waals surface area contributed by atoms with Crippen molar-refractivity contribution in [2.75, 3.05) is 25.2 Å². The first-order chi connectivity index (χ1) is 8.63. The van der Waals surface area contributed by atoms with E-state index < -0.39 is 0 Å². The van der Waals surface area contributed by atoms with Gasteiger partial charge >= 0.3 is 0 Å². The normalized spacial score (nSPS) is 19.6. The van der Waals surface area contributed by atoms with Crippen LogP contribution in [0.5, 0.6) is 5.75 Å². The zero-order valence-corrected chi connectivity index (χ0v) is 11.8. The highest BCUT2D eigenvalue weighted by Crippen LogP contribution is 2.27. The van der Waals surface area contributed by atoms with Gasteiger partial charge in [0.1, 0.15) is 11.9 Å². The number of carbonyl (C=O) groups is 1. The number of hydrogen-bond donors (Lipinski definition) is 0. The van der Waals surface area contributed by atoms with Gasteiger partial charge in [-0.15, -0.1) is 0 Å². The molecule has 0 spiro atoms. The second kappa shape index (κ2) is 5.76. The summed E-state index contributed by atoms with van der Waals surface area (Å²) in [5, 5.41) is 0. The lowest BCUT2D eigenvalue weighted by Crippen LogP contribution is -2.32. The molecule has 1 unspecified atom stereocenters. The van der Waals surface area contributed by atoms with Crippen LogP contribution in [-0.2, 0) is 4.74 Å². The van der Waals surface area contributed by atoms with E-state index in [4.69, 9.17) is 9.47 Å². The van der Waals surface area contributed by atoms with Crippen molar-refractivity contribution in [3.8, 4) is 5.75 Å². The number of rotatable bonds is 3. The van der Waals surface area contributed by atoms with E-state index in [-0.39, 0.29) is 11.9 Å². The lowest BCUT2D eigenvalue weighted by molar-refractivity contribution is 0.0515. The minimum absolute atomic E-state index is 0.0385.